The van der Waals surface area contributed by atoms with E-state index in [1.165, 1.54) is 19.3 Å². The fourth-order valence-electron chi connectivity index (χ4n) is 2.59. The van der Waals surface area contributed by atoms with E-state index in [1.54, 1.807) is 0 Å². The van der Waals surface area contributed by atoms with Gasteiger partial charge in [-0.1, -0.05) is 12.8 Å². The Labute approximate surface area is 85.6 Å². The minimum atomic E-state index is -0.685. The Bertz CT molecular complexity index is 161. The first-order valence-corrected chi connectivity index (χ1v) is 5.99. The SMILES string of the molecule is FC(C1CCCCCN1)C1CCCN1. The van der Waals surface area contributed by atoms with Crippen molar-refractivity contribution in [2.24, 2.45) is 0 Å². The number of halogens is 1. The second-order valence-corrected chi connectivity index (χ2v) is 4.56. The first-order valence-electron chi connectivity index (χ1n) is 5.99. The van der Waals surface area contributed by atoms with Gasteiger partial charge in [0.2, 0.25) is 0 Å². The third-order valence-corrected chi connectivity index (χ3v) is 3.47. The van der Waals surface area contributed by atoms with Crippen LogP contribution in [-0.4, -0.2) is 31.3 Å². The predicted molar refractivity (Wildman–Crippen MR) is 56.2 cm³/mol. The van der Waals surface area contributed by atoms with E-state index in [9.17, 15) is 4.39 Å². The summed E-state index contributed by atoms with van der Waals surface area (Å²) in [5.74, 6) is 0. The lowest BCUT2D eigenvalue weighted by molar-refractivity contribution is 0.196. The Morgan fingerprint density at radius 3 is 2.21 bits per heavy atom. The number of nitrogens with one attached hydrogen (secondary N) is 2. The Morgan fingerprint density at radius 1 is 0.857 bits per heavy atom. The molecule has 2 nitrogen and oxygen atoms in total. The van der Waals surface area contributed by atoms with Crippen LogP contribution in [0.3, 0.4) is 0 Å². The zero-order valence-electron chi connectivity index (χ0n) is 8.77. The summed E-state index contributed by atoms with van der Waals surface area (Å²) in [7, 11) is 0. The Kier molecular flexibility index (Phi) is 3.76. The summed E-state index contributed by atoms with van der Waals surface area (Å²) < 4.78 is 14.0. The molecule has 0 aromatic rings. The van der Waals surface area contributed by atoms with Crippen LogP contribution in [0.15, 0.2) is 0 Å². The van der Waals surface area contributed by atoms with Crippen molar-refractivity contribution in [1.82, 2.24) is 10.6 Å². The molecule has 2 N–H and O–H groups in total. The fourth-order valence-corrected chi connectivity index (χ4v) is 2.59. The highest BCUT2D eigenvalue weighted by Crippen LogP contribution is 2.20. The first-order chi connectivity index (χ1) is 6.88. The smallest absolute Gasteiger partial charge is 0.131 e. The van der Waals surface area contributed by atoms with Crippen molar-refractivity contribution in [1.29, 1.82) is 0 Å². The molecule has 0 aromatic heterocycles. The molecule has 0 saturated carbocycles. The third-order valence-electron chi connectivity index (χ3n) is 3.47. The molecule has 3 heteroatoms. The molecule has 0 aromatic carbocycles. The van der Waals surface area contributed by atoms with Crippen molar-refractivity contribution in [3.63, 3.8) is 0 Å². The summed E-state index contributed by atoms with van der Waals surface area (Å²) in [5, 5.41) is 6.60. The topological polar surface area (TPSA) is 24.1 Å². The summed E-state index contributed by atoms with van der Waals surface area (Å²) in [6.07, 6.45) is 6.13. The van der Waals surface area contributed by atoms with Crippen LogP contribution in [0.1, 0.15) is 38.5 Å². The van der Waals surface area contributed by atoms with E-state index in [-0.39, 0.29) is 12.1 Å². The van der Waals surface area contributed by atoms with Gasteiger partial charge in [-0.15, -0.1) is 0 Å². The molecule has 0 radical (unpaired) electrons. The average molecular weight is 200 g/mol. The van der Waals surface area contributed by atoms with Crippen molar-refractivity contribution in [3.05, 3.63) is 0 Å². The van der Waals surface area contributed by atoms with Gasteiger partial charge < -0.3 is 10.6 Å². The molecule has 2 aliphatic rings. The van der Waals surface area contributed by atoms with Crippen molar-refractivity contribution in [2.75, 3.05) is 13.1 Å². The first kappa shape index (κ1) is 10.4. The monoisotopic (exact) mass is 200 g/mol. The fraction of sp³-hybridized carbons (Fsp3) is 1.00. The summed E-state index contributed by atoms with van der Waals surface area (Å²) in [5.41, 5.74) is 0. The lowest BCUT2D eigenvalue weighted by Crippen LogP contribution is -2.46. The van der Waals surface area contributed by atoms with Gasteiger partial charge in [0.15, 0.2) is 0 Å². The molecule has 3 atom stereocenters. The van der Waals surface area contributed by atoms with Crippen LogP contribution in [-0.2, 0) is 0 Å². The minimum absolute atomic E-state index is 0.105. The molecule has 2 fully saturated rings. The molecule has 0 spiro atoms. The maximum atomic E-state index is 14.0. The van der Waals surface area contributed by atoms with E-state index >= 15 is 0 Å². The predicted octanol–water partition coefficient (Wildman–Crippen LogP) is 1.61. The summed E-state index contributed by atoms with van der Waals surface area (Å²) >= 11 is 0. The van der Waals surface area contributed by atoms with E-state index in [0.29, 0.717) is 0 Å². The summed E-state index contributed by atoms with van der Waals surface area (Å²) in [4.78, 5) is 0. The molecule has 0 aliphatic carbocycles. The molecule has 82 valence electrons. The highest BCUT2D eigenvalue weighted by atomic mass is 19.1. The Hall–Kier alpha value is -0.150. The molecule has 2 rings (SSSR count). The van der Waals surface area contributed by atoms with Crippen LogP contribution >= 0.6 is 0 Å². The van der Waals surface area contributed by atoms with Crippen molar-refractivity contribution in [2.45, 2.75) is 56.8 Å². The normalized spacial score (nSPS) is 36.6. The van der Waals surface area contributed by atoms with E-state index in [4.69, 9.17) is 0 Å². The lowest BCUT2D eigenvalue weighted by Gasteiger charge is -2.25. The molecular weight excluding hydrogens is 179 g/mol. The quantitative estimate of drug-likeness (QED) is 0.707. The number of hydrogen-bond acceptors (Lipinski definition) is 2. The zero-order chi connectivity index (χ0) is 9.80. The van der Waals surface area contributed by atoms with Crippen molar-refractivity contribution in [3.8, 4) is 0 Å². The van der Waals surface area contributed by atoms with Crippen LogP contribution in [0.4, 0.5) is 4.39 Å². The largest absolute Gasteiger partial charge is 0.311 e. The van der Waals surface area contributed by atoms with Gasteiger partial charge in [-0.3, -0.25) is 0 Å². The van der Waals surface area contributed by atoms with Gasteiger partial charge in [-0.2, -0.15) is 0 Å². The van der Waals surface area contributed by atoms with Crippen LogP contribution in [0, 0.1) is 0 Å². The second kappa shape index (κ2) is 5.08. The number of alkyl halides is 1. The van der Waals surface area contributed by atoms with Crippen LogP contribution < -0.4 is 10.6 Å². The standard InChI is InChI=1S/C11H21FN2/c12-11(10-6-4-8-14-10)9-5-2-1-3-7-13-9/h9-11,13-14H,1-8H2. The van der Waals surface area contributed by atoms with E-state index < -0.39 is 6.17 Å². The van der Waals surface area contributed by atoms with Gasteiger partial charge in [0.1, 0.15) is 6.17 Å². The Morgan fingerprint density at radius 2 is 1.50 bits per heavy atom. The molecule has 14 heavy (non-hydrogen) atoms. The van der Waals surface area contributed by atoms with Gasteiger partial charge in [0, 0.05) is 12.1 Å². The van der Waals surface area contributed by atoms with E-state index in [1.807, 2.05) is 0 Å². The molecule has 2 saturated heterocycles. The maximum Gasteiger partial charge on any atom is 0.131 e. The van der Waals surface area contributed by atoms with Gasteiger partial charge >= 0.3 is 0 Å². The number of rotatable bonds is 2. The van der Waals surface area contributed by atoms with Crippen LogP contribution in [0.25, 0.3) is 0 Å². The van der Waals surface area contributed by atoms with Gasteiger partial charge in [0.25, 0.3) is 0 Å². The van der Waals surface area contributed by atoms with Crippen LogP contribution in [0.2, 0.25) is 0 Å². The maximum absolute atomic E-state index is 14.0. The van der Waals surface area contributed by atoms with Crippen molar-refractivity contribution >= 4 is 0 Å². The molecule has 0 bridgehead atoms. The Balaban J connectivity index is 1.84. The molecule has 3 unspecified atom stereocenters. The summed E-state index contributed by atoms with van der Waals surface area (Å²) in [6, 6.07) is 0.221. The van der Waals surface area contributed by atoms with E-state index in [0.717, 1.165) is 32.4 Å². The summed E-state index contributed by atoms with van der Waals surface area (Å²) in [6.45, 7) is 2.00. The molecule has 0 amide bonds. The van der Waals surface area contributed by atoms with Crippen molar-refractivity contribution < 1.29 is 4.39 Å². The van der Waals surface area contributed by atoms with E-state index in [2.05, 4.69) is 10.6 Å². The lowest BCUT2D eigenvalue weighted by atomic mass is 9.99. The molecule has 2 heterocycles. The van der Waals surface area contributed by atoms with Gasteiger partial charge in [-0.05, 0) is 38.8 Å². The van der Waals surface area contributed by atoms with Gasteiger partial charge in [0.05, 0.1) is 0 Å². The average Bonchev–Trinajstić information content (AvgIpc) is 2.59. The molecular formula is C11H21FN2. The van der Waals surface area contributed by atoms with Gasteiger partial charge in [-0.25, -0.2) is 4.39 Å². The highest BCUT2D eigenvalue weighted by molar-refractivity contribution is 4.90. The second-order valence-electron chi connectivity index (χ2n) is 4.56. The zero-order valence-corrected chi connectivity index (χ0v) is 8.77. The molecule has 2 aliphatic heterocycles. The van der Waals surface area contributed by atoms with Crippen LogP contribution in [0.5, 0.6) is 0 Å². The highest BCUT2D eigenvalue weighted by Gasteiger charge is 2.31. The number of hydrogen-bond donors (Lipinski definition) is 2. The minimum Gasteiger partial charge on any atom is -0.311 e. The third kappa shape index (κ3) is 2.45.